The second kappa shape index (κ2) is 13.1. The Morgan fingerprint density at radius 1 is 1.00 bits per heavy atom. The maximum Gasteiger partial charge on any atom is 0.243 e. The molecular formula is C20H26ClN5O5. The van der Waals surface area contributed by atoms with Gasteiger partial charge in [-0.3, -0.25) is 24.0 Å². The maximum absolute atomic E-state index is 12.6. The van der Waals surface area contributed by atoms with Gasteiger partial charge in [-0.25, -0.2) is 0 Å². The van der Waals surface area contributed by atoms with E-state index in [9.17, 15) is 24.0 Å². The van der Waals surface area contributed by atoms with Gasteiger partial charge in [-0.1, -0.05) is 23.7 Å². The van der Waals surface area contributed by atoms with Crippen molar-refractivity contribution in [2.75, 3.05) is 0 Å². The van der Waals surface area contributed by atoms with E-state index in [0.29, 0.717) is 11.2 Å². The van der Waals surface area contributed by atoms with E-state index in [2.05, 4.69) is 16.0 Å². The quantitative estimate of drug-likeness (QED) is 0.269. The first kappa shape index (κ1) is 25.8. The Kier molecular flexibility index (Phi) is 10.9. The van der Waals surface area contributed by atoms with Crippen molar-refractivity contribution in [3.05, 3.63) is 34.9 Å². The van der Waals surface area contributed by atoms with Gasteiger partial charge in [0, 0.05) is 31.3 Å². The van der Waals surface area contributed by atoms with Crippen LogP contribution in [0.1, 0.15) is 38.2 Å². The number of benzene rings is 1. The lowest BCUT2D eigenvalue weighted by Crippen LogP contribution is -2.53. The van der Waals surface area contributed by atoms with Crippen LogP contribution < -0.4 is 21.7 Å². The van der Waals surface area contributed by atoms with Crippen LogP contribution in [0, 0.1) is 5.41 Å². The summed E-state index contributed by atoms with van der Waals surface area (Å²) < 4.78 is 0. The highest BCUT2D eigenvalue weighted by Gasteiger charge is 2.26. The van der Waals surface area contributed by atoms with E-state index >= 15 is 0 Å². The van der Waals surface area contributed by atoms with Crippen molar-refractivity contribution in [2.24, 2.45) is 5.73 Å². The molecule has 0 radical (unpaired) electrons. The van der Waals surface area contributed by atoms with Crippen LogP contribution >= 0.6 is 11.6 Å². The molecule has 0 aliphatic heterocycles. The fourth-order valence-corrected chi connectivity index (χ4v) is 2.74. The summed E-state index contributed by atoms with van der Waals surface area (Å²) in [6.45, 7) is 1.38. The van der Waals surface area contributed by atoms with E-state index in [0.717, 1.165) is 5.56 Å². The topological polar surface area (TPSA) is 171 Å². The highest BCUT2D eigenvalue weighted by atomic mass is 35.5. The van der Waals surface area contributed by atoms with Gasteiger partial charge in [0.25, 0.3) is 0 Å². The molecule has 0 aromatic heterocycles. The molecule has 0 aliphatic rings. The summed E-state index contributed by atoms with van der Waals surface area (Å²) in [7, 11) is 0. The van der Waals surface area contributed by atoms with Gasteiger partial charge < -0.3 is 27.1 Å². The third-order valence-electron chi connectivity index (χ3n) is 4.23. The number of nitrogens with one attached hydrogen (secondary N) is 4. The zero-order chi connectivity index (χ0) is 23.4. The molecule has 0 aliphatic carbocycles. The van der Waals surface area contributed by atoms with Crippen molar-refractivity contribution in [3.8, 4) is 0 Å². The monoisotopic (exact) mass is 451 g/mol. The number of carbonyl (C=O) groups excluding carboxylic acids is 5. The predicted octanol–water partition coefficient (Wildman–Crippen LogP) is 0.210. The number of hydrogen-bond donors (Lipinski definition) is 5. The molecule has 0 spiro atoms. The van der Waals surface area contributed by atoms with Gasteiger partial charge in [-0.2, -0.15) is 0 Å². The van der Waals surface area contributed by atoms with E-state index < -0.39 is 41.5 Å². The van der Waals surface area contributed by atoms with E-state index in [4.69, 9.17) is 22.7 Å². The van der Waals surface area contributed by atoms with Crippen LogP contribution in [-0.4, -0.2) is 47.7 Å². The Morgan fingerprint density at radius 3 is 2.13 bits per heavy atom. The van der Waals surface area contributed by atoms with Crippen LogP contribution in [-0.2, 0) is 30.5 Å². The molecule has 0 fully saturated rings. The minimum Gasteiger partial charge on any atom is -0.370 e. The van der Waals surface area contributed by atoms with E-state index in [1.54, 1.807) is 24.3 Å². The van der Waals surface area contributed by atoms with E-state index in [-0.39, 0.29) is 32.2 Å². The maximum atomic E-state index is 12.6. The van der Waals surface area contributed by atoms with Crippen LogP contribution in [0.15, 0.2) is 24.3 Å². The van der Waals surface area contributed by atoms with Crippen molar-refractivity contribution in [2.45, 2.75) is 51.2 Å². The van der Waals surface area contributed by atoms with Crippen LogP contribution in [0.4, 0.5) is 0 Å². The molecule has 1 aromatic carbocycles. The summed E-state index contributed by atoms with van der Waals surface area (Å²) >= 11 is 5.83. The normalized spacial score (nSPS) is 12.2. The number of Topliss-reactive ketones (excluding diaryl/α,β-unsaturated/α-hetero) is 1. The van der Waals surface area contributed by atoms with Crippen molar-refractivity contribution >= 4 is 47.2 Å². The SMILES string of the molecule is CC(=O)N[C@@H](CCC(N)=O)C(=O)N[C@@H](CCC(=O)C=N)C(=O)NCc1ccc(Cl)cc1. The highest BCUT2D eigenvalue weighted by molar-refractivity contribution is 6.30. The highest BCUT2D eigenvalue weighted by Crippen LogP contribution is 2.09. The average Bonchev–Trinajstić information content (AvgIpc) is 2.72. The molecule has 10 nitrogen and oxygen atoms in total. The molecule has 0 heterocycles. The number of ketones is 1. The first-order valence-corrected chi connectivity index (χ1v) is 9.91. The standard InChI is InChI=1S/C20H26ClN5O5/c1-12(27)25-17(8-9-18(23)29)20(31)26-16(7-6-15(28)10-22)19(30)24-11-13-2-4-14(21)5-3-13/h2-5,10,16-17,22H,6-9,11H2,1H3,(H2,23,29)(H,24,30)(H,25,27)(H,26,31)/t16-,17-/m0/s1. The number of amides is 4. The predicted molar refractivity (Wildman–Crippen MR) is 114 cm³/mol. The van der Waals surface area contributed by atoms with Crippen LogP contribution in [0.3, 0.4) is 0 Å². The first-order chi connectivity index (χ1) is 14.6. The largest absolute Gasteiger partial charge is 0.370 e. The van der Waals surface area contributed by atoms with Crippen molar-refractivity contribution in [1.29, 1.82) is 5.41 Å². The van der Waals surface area contributed by atoms with Gasteiger partial charge in [0.05, 0.1) is 6.21 Å². The van der Waals surface area contributed by atoms with Crippen LogP contribution in [0.25, 0.3) is 0 Å². The molecule has 0 unspecified atom stereocenters. The smallest absolute Gasteiger partial charge is 0.243 e. The number of halogens is 1. The number of hydrogen-bond acceptors (Lipinski definition) is 6. The minimum absolute atomic E-state index is 0.0424. The number of rotatable bonds is 13. The summed E-state index contributed by atoms with van der Waals surface area (Å²) in [5, 5.41) is 15.1. The summed E-state index contributed by atoms with van der Waals surface area (Å²) in [6, 6.07) is 4.63. The lowest BCUT2D eigenvalue weighted by atomic mass is 10.1. The van der Waals surface area contributed by atoms with Gasteiger partial charge in [0.1, 0.15) is 12.1 Å². The van der Waals surface area contributed by atoms with Crippen LogP contribution in [0.2, 0.25) is 5.02 Å². The van der Waals surface area contributed by atoms with Crippen molar-refractivity contribution in [1.82, 2.24) is 16.0 Å². The van der Waals surface area contributed by atoms with Gasteiger partial charge in [-0.15, -0.1) is 0 Å². The molecule has 1 aromatic rings. The van der Waals surface area contributed by atoms with Gasteiger partial charge >= 0.3 is 0 Å². The second-order valence-corrected chi connectivity index (χ2v) is 7.25. The zero-order valence-electron chi connectivity index (χ0n) is 17.1. The van der Waals surface area contributed by atoms with Crippen molar-refractivity contribution in [3.63, 3.8) is 0 Å². The third-order valence-corrected chi connectivity index (χ3v) is 4.48. The molecule has 11 heteroatoms. The average molecular weight is 452 g/mol. The lowest BCUT2D eigenvalue weighted by Gasteiger charge is -2.22. The molecular weight excluding hydrogens is 426 g/mol. The summed E-state index contributed by atoms with van der Waals surface area (Å²) in [5.74, 6) is -2.87. The van der Waals surface area contributed by atoms with E-state index in [1.165, 1.54) is 6.92 Å². The van der Waals surface area contributed by atoms with E-state index in [1.807, 2.05) is 0 Å². The Balaban J connectivity index is 2.86. The molecule has 4 amide bonds. The zero-order valence-corrected chi connectivity index (χ0v) is 17.8. The third kappa shape index (κ3) is 10.4. The molecule has 0 bridgehead atoms. The summed E-state index contributed by atoms with van der Waals surface area (Å²) in [6.07, 6.45) is 0.277. The fourth-order valence-electron chi connectivity index (χ4n) is 2.62. The molecule has 1 rings (SSSR count). The summed E-state index contributed by atoms with van der Waals surface area (Å²) in [4.78, 5) is 59.2. The van der Waals surface area contributed by atoms with Gasteiger partial charge in [0.15, 0.2) is 5.78 Å². The summed E-state index contributed by atoms with van der Waals surface area (Å²) in [5.41, 5.74) is 5.88. The Hall–Kier alpha value is -3.27. The van der Waals surface area contributed by atoms with Gasteiger partial charge in [0.2, 0.25) is 23.6 Å². The first-order valence-electron chi connectivity index (χ1n) is 9.53. The Labute approximate surface area is 184 Å². The molecule has 6 N–H and O–H groups in total. The van der Waals surface area contributed by atoms with Crippen LogP contribution in [0.5, 0.6) is 0 Å². The Morgan fingerprint density at radius 2 is 1.58 bits per heavy atom. The van der Waals surface area contributed by atoms with Gasteiger partial charge in [-0.05, 0) is 30.5 Å². The number of nitrogens with two attached hydrogens (primary N) is 1. The fraction of sp³-hybridized carbons (Fsp3) is 0.400. The minimum atomic E-state index is -1.09. The molecule has 168 valence electrons. The number of primary amides is 1. The Bertz CT molecular complexity index is 828. The molecule has 0 saturated heterocycles. The second-order valence-electron chi connectivity index (χ2n) is 6.81. The molecule has 0 saturated carbocycles. The number of carbonyl (C=O) groups is 5. The van der Waals surface area contributed by atoms with Crippen molar-refractivity contribution < 1.29 is 24.0 Å². The molecule has 2 atom stereocenters. The lowest BCUT2D eigenvalue weighted by molar-refractivity contribution is -0.132. The molecule has 31 heavy (non-hydrogen) atoms.